The van der Waals surface area contributed by atoms with Crippen molar-refractivity contribution in [1.29, 1.82) is 0 Å². The van der Waals surface area contributed by atoms with Gasteiger partial charge in [0.1, 0.15) is 11.2 Å². The topological polar surface area (TPSA) is 65.8 Å². The molecular weight excluding hydrogens is 274 g/mol. The van der Waals surface area contributed by atoms with Gasteiger partial charge in [0.05, 0.1) is 0 Å². The molecule has 5 nitrogen and oxygen atoms in total. The van der Waals surface area contributed by atoms with Crippen molar-refractivity contribution in [2.75, 3.05) is 13.1 Å². The van der Waals surface area contributed by atoms with E-state index in [1.807, 2.05) is 5.38 Å². The van der Waals surface area contributed by atoms with E-state index in [0.717, 1.165) is 25.9 Å². The van der Waals surface area contributed by atoms with Gasteiger partial charge in [-0.05, 0) is 18.9 Å². The van der Waals surface area contributed by atoms with Crippen LogP contribution in [-0.2, 0) is 10.2 Å². The first-order chi connectivity index (χ1) is 9.75. The molecule has 2 unspecified atom stereocenters. The van der Waals surface area contributed by atoms with Gasteiger partial charge < -0.3 is 5.11 Å². The number of carbonyl (C=O) groups is 1. The molecule has 3 rings (SSSR count). The van der Waals surface area contributed by atoms with Crippen molar-refractivity contribution in [2.45, 2.75) is 30.8 Å². The summed E-state index contributed by atoms with van der Waals surface area (Å²) in [5.41, 5.74) is -1.15. The summed E-state index contributed by atoms with van der Waals surface area (Å²) in [4.78, 5) is 23.0. The van der Waals surface area contributed by atoms with Gasteiger partial charge in [0.2, 0.25) is 0 Å². The summed E-state index contributed by atoms with van der Waals surface area (Å²) in [7, 11) is 0. The number of rotatable bonds is 3. The lowest BCUT2D eigenvalue weighted by molar-refractivity contribution is -0.144. The quantitative estimate of drug-likeness (QED) is 0.924. The fraction of sp³-hybridized carbons (Fsp3) is 0.500. The molecule has 2 atom stereocenters. The molecule has 2 aliphatic rings. The number of likely N-dealkylation sites (tertiary alicyclic amines) is 1. The molecule has 1 aromatic rings. The Morgan fingerprint density at radius 1 is 1.40 bits per heavy atom. The highest BCUT2D eigenvalue weighted by molar-refractivity contribution is 7.09. The number of aliphatic carboxylic acids is 1. The fourth-order valence-corrected chi connectivity index (χ4v) is 3.79. The number of carboxylic acids is 1. The second kappa shape index (κ2) is 5.46. The zero-order valence-electron chi connectivity index (χ0n) is 11.1. The van der Waals surface area contributed by atoms with Crippen LogP contribution in [0.3, 0.4) is 0 Å². The summed E-state index contributed by atoms with van der Waals surface area (Å²) in [6, 6.07) is 0. The maximum atomic E-state index is 12.0. The van der Waals surface area contributed by atoms with Gasteiger partial charge in [-0.25, -0.2) is 4.98 Å². The molecule has 0 bridgehead atoms. The predicted octanol–water partition coefficient (Wildman–Crippen LogP) is 1.92. The maximum Gasteiger partial charge on any atom is 0.324 e. The van der Waals surface area contributed by atoms with Crippen molar-refractivity contribution < 1.29 is 9.90 Å². The highest BCUT2D eigenvalue weighted by atomic mass is 32.1. The molecule has 1 N–H and O–H groups in total. The molecule has 106 valence electrons. The first-order valence-corrected chi connectivity index (χ1v) is 7.71. The van der Waals surface area contributed by atoms with Crippen LogP contribution >= 0.6 is 11.3 Å². The number of nitrogens with zero attached hydrogens (tertiary/aromatic N) is 3. The van der Waals surface area contributed by atoms with Crippen LogP contribution in [0.4, 0.5) is 0 Å². The van der Waals surface area contributed by atoms with Gasteiger partial charge >= 0.3 is 5.97 Å². The average molecular weight is 291 g/mol. The number of aliphatic imine (C=N–C) groups is 1. The van der Waals surface area contributed by atoms with E-state index in [1.165, 1.54) is 17.8 Å². The third kappa shape index (κ3) is 2.09. The summed E-state index contributed by atoms with van der Waals surface area (Å²) in [5, 5.41) is 12.3. The summed E-state index contributed by atoms with van der Waals surface area (Å²) in [6.07, 6.45) is 9.83. The minimum Gasteiger partial charge on any atom is -0.480 e. The molecule has 0 saturated carbocycles. The lowest BCUT2D eigenvalue weighted by Gasteiger charge is -2.41. The molecule has 0 spiro atoms. The van der Waals surface area contributed by atoms with Gasteiger partial charge in [-0.3, -0.25) is 14.7 Å². The summed E-state index contributed by atoms with van der Waals surface area (Å²) in [5.74, 6) is -0.879. The fourth-order valence-electron chi connectivity index (χ4n) is 2.96. The molecule has 20 heavy (non-hydrogen) atoms. The Hall–Kier alpha value is -1.53. The van der Waals surface area contributed by atoms with Gasteiger partial charge in [-0.1, -0.05) is 12.5 Å². The number of piperidine rings is 1. The van der Waals surface area contributed by atoms with Crippen molar-refractivity contribution >= 4 is 23.5 Å². The van der Waals surface area contributed by atoms with Crippen LogP contribution in [-0.4, -0.2) is 46.4 Å². The first kappa shape index (κ1) is 13.5. The Kier molecular flexibility index (Phi) is 3.67. The molecule has 2 aliphatic heterocycles. The molecule has 1 fully saturated rings. The lowest BCUT2D eigenvalue weighted by Crippen LogP contribution is -2.55. The largest absolute Gasteiger partial charge is 0.480 e. The minimum absolute atomic E-state index is 0.392. The Labute approximate surface area is 121 Å². The summed E-state index contributed by atoms with van der Waals surface area (Å²) < 4.78 is 0. The number of aromatic nitrogens is 1. The first-order valence-electron chi connectivity index (χ1n) is 6.83. The van der Waals surface area contributed by atoms with Gasteiger partial charge in [0, 0.05) is 30.9 Å². The van der Waals surface area contributed by atoms with E-state index in [1.54, 1.807) is 24.6 Å². The highest BCUT2D eigenvalue weighted by Gasteiger charge is 2.51. The van der Waals surface area contributed by atoms with Crippen LogP contribution in [0.5, 0.6) is 0 Å². The number of hydrogen-bond acceptors (Lipinski definition) is 5. The zero-order chi connectivity index (χ0) is 14.0. The Balaban J connectivity index is 2.03. The Morgan fingerprint density at radius 3 is 2.85 bits per heavy atom. The van der Waals surface area contributed by atoms with Crippen LogP contribution in [0.15, 0.2) is 28.7 Å². The van der Waals surface area contributed by atoms with E-state index in [4.69, 9.17) is 0 Å². The van der Waals surface area contributed by atoms with Crippen LogP contribution < -0.4 is 0 Å². The number of carboxylic acid groups (broad SMARTS) is 1. The number of thiazole rings is 1. The zero-order valence-corrected chi connectivity index (χ0v) is 11.9. The molecule has 3 heterocycles. The number of allylic oxidation sites excluding steroid dienone is 1. The Morgan fingerprint density at radius 2 is 2.20 bits per heavy atom. The third-order valence-electron chi connectivity index (χ3n) is 3.96. The highest BCUT2D eigenvalue weighted by Crippen LogP contribution is 2.37. The van der Waals surface area contributed by atoms with E-state index < -0.39 is 17.6 Å². The average Bonchev–Trinajstić information content (AvgIpc) is 3.02. The second-order valence-electron chi connectivity index (χ2n) is 5.14. The van der Waals surface area contributed by atoms with Crippen molar-refractivity contribution in [2.24, 2.45) is 4.99 Å². The van der Waals surface area contributed by atoms with Crippen LogP contribution in [0.25, 0.3) is 0 Å². The molecule has 0 amide bonds. The lowest BCUT2D eigenvalue weighted by atomic mass is 9.82. The Bertz CT molecular complexity index is 535. The standard InChI is InChI=1S/C14H17N3O2S/c18-13(19)14(12-16-7-10-20-12)5-4-6-15-11(14)17-8-2-1-3-9-17/h4-7,10-11H,1-3,8-9H2,(H,18,19). The smallest absolute Gasteiger partial charge is 0.324 e. The molecule has 1 saturated heterocycles. The van der Waals surface area contributed by atoms with Crippen LogP contribution in [0, 0.1) is 0 Å². The minimum atomic E-state index is -1.15. The van der Waals surface area contributed by atoms with Crippen LogP contribution in [0.1, 0.15) is 24.3 Å². The number of hydrogen-bond donors (Lipinski definition) is 1. The molecular formula is C14H17N3O2S. The van der Waals surface area contributed by atoms with Crippen LogP contribution in [0.2, 0.25) is 0 Å². The summed E-state index contributed by atoms with van der Waals surface area (Å²) in [6.45, 7) is 1.80. The number of dihydropyridines is 1. The van der Waals surface area contributed by atoms with E-state index >= 15 is 0 Å². The molecule has 0 radical (unpaired) electrons. The molecule has 0 aliphatic carbocycles. The molecule has 1 aromatic heterocycles. The van der Waals surface area contributed by atoms with Gasteiger partial charge in [0.25, 0.3) is 0 Å². The summed E-state index contributed by atoms with van der Waals surface area (Å²) >= 11 is 1.38. The van der Waals surface area contributed by atoms with Gasteiger partial charge in [-0.15, -0.1) is 11.3 Å². The maximum absolute atomic E-state index is 12.0. The predicted molar refractivity (Wildman–Crippen MR) is 78.3 cm³/mol. The van der Waals surface area contributed by atoms with Gasteiger partial charge in [0.15, 0.2) is 5.41 Å². The second-order valence-corrected chi connectivity index (χ2v) is 6.03. The van der Waals surface area contributed by atoms with E-state index in [9.17, 15) is 9.90 Å². The SMILES string of the molecule is O=C(O)C1(c2nccs2)C=CC=NC1N1CCCCC1. The van der Waals surface area contributed by atoms with Crippen molar-refractivity contribution in [3.05, 3.63) is 28.7 Å². The van der Waals surface area contributed by atoms with Crippen molar-refractivity contribution in [1.82, 2.24) is 9.88 Å². The van der Waals surface area contributed by atoms with E-state index in [-0.39, 0.29) is 0 Å². The van der Waals surface area contributed by atoms with E-state index in [0.29, 0.717) is 5.01 Å². The molecule has 6 heteroatoms. The van der Waals surface area contributed by atoms with Gasteiger partial charge in [-0.2, -0.15) is 0 Å². The monoisotopic (exact) mass is 291 g/mol. The molecule has 0 aromatic carbocycles. The van der Waals surface area contributed by atoms with Crippen molar-refractivity contribution in [3.63, 3.8) is 0 Å². The van der Waals surface area contributed by atoms with E-state index in [2.05, 4.69) is 14.9 Å². The third-order valence-corrected chi connectivity index (χ3v) is 4.88. The normalized spacial score (nSPS) is 30.5. The van der Waals surface area contributed by atoms with Crippen molar-refractivity contribution in [3.8, 4) is 0 Å².